The molecule has 1 unspecified atom stereocenters. The minimum absolute atomic E-state index is 0.0156. The van der Waals surface area contributed by atoms with Gasteiger partial charge in [0.25, 0.3) is 5.56 Å². The van der Waals surface area contributed by atoms with E-state index in [4.69, 9.17) is 45.1 Å². The molecule has 1 saturated heterocycles. The fraction of sp³-hybridized carbons (Fsp3) is 0.500. The molecule has 0 radical (unpaired) electrons. The number of aliphatic hydroxyl groups excluding tert-OH is 1. The molecule has 1 aromatic heterocycles. The third kappa shape index (κ3) is 6.63. The zero-order chi connectivity index (χ0) is 28.5. The standard InChI is InChI=1S/C22H28ClN2O9PS/c1-4-31-19(28)13(2)12-35(30,34-15-7-5-14(23)6-8-15)32-11-16-18(27)22(3,29)20(33-16)25-10-9-17(26)24-21(25)36/h5-10,13,16,18,20,27,29H,4,11-12H2,1-3H3,(H,24,26,36)/t13-,16-,18+,20-,22?,35-/m1/s1/i11D2. The van der Waals surface area contributed by atoms with Gasteiger partial charge in [-0.3, -0.25) is 23.7 Å². The number of carbonyl (C=O) groups is 1. The number of nitrogens with zero attached hydrogens (tertiary/aromatic N) is 1. The van der Waals surface area contributed by atoms with Crippen LogP contribution in [-0.4, -0.2) is 62.9 Å². The molecule has 1 aromatic carbocycles. The van der Waals surface area contributed by atoms with E-state index in [2.05, 4.69) is 4.98 Å². The van der Waals surface area contributed by atoms with Crippen LogP contribution in [0.15, 0.2) is 41.3 Å². The van der Waals surface area contributed by atoms with Crippen LogP contribution in [0.5, 0.6) is 5.75 Å². The maximum absolute atomic E-state index is 13.9. The summed E-state index contributed by atoms with van der Waals surface area (Å²) in [4.78, 5) is 26.1. The highest BCUT2D eigenvalue weighted by molar-refractivity contribution is 7.71. The number of nitrogens with one attached hydrogen (secondary N) is 1. The van der Waals surface area contributed by atoms with Crippen LogP contribution in [-0.2, 0) is 23.4 Å². The lowest BCUT2D eigenvalue weighted by Gasteiger charge is -2.28. The summed E-state index contributed by atoms with van der Waals surface area (Å²) in [6, 6.07) is 6.75. The predicted molar refractivity (Wildman–Crippen MR) is 133 cm³/mol. The van der Waals surface area contributed by atoms with Crippen LogP contribution in [0.25, 0.3) is 0 Å². The lowest BCUT2D eigenvalue weighted by atomic mass is 9.96. The summed E-state index contributed by atoms with van der Waals surface area (Å²) in [7, 11) is -4.51. The summed E-state index contributed by atoms with van der Waals surface area (Å²) in [5.41, 5.74) is -2.65. The third-order valence-corrected chi connectivity index (χ3v) is 7.75. The summed E-state index contributed by atoms with van der Waals surface area (Å²) >= 11 is 11.0. The van der Waals surface area contributed by atoms with Crippen LogP contribution in [0.1, 0.15) is 29.7 Å². The Bertz CT molecular complexity index is 1320. The zero-order valence-electron chi connectivity index (χ0n) is 21.6. The van der Waals surface area contributed by atoms with E-state index in [9.17, 15) is 24.4 Å². The van der Waals surface area contributed by atoms with Crippen molar-refractivity contribution in [1.82, 2.24) is 9.55 Å². The van der Waals surface area contributed by atoms with Crippen molar-refractivity contribution in [3.05, 3.63) is 56.7 Å². The van der Waals surface area contributed by atoms with Crippen LogP contribution in [0.2, 0.25) is 5.02 Å². The molecule has 1 aliphatic heterocycles. The van der Waals surface area contributed by atoms with Gasteiger partial charge in [0.1, 0.15) is 23.6 Å². The Morgan fingerprint density at radius 2 is 2.08 bits per heavy atom. The van der Waals surface area contributed by atoms with Crippen molar-refractivity contribution < 1.29 is 40.8 Å². The van der Waals surface area contributed by atoms with Crippen LogP contribution in [0, 0.1) is 10.7 Å². The minimum atomic E-state index is -4.51. The van der Waals surface area contributed by atoms with Gasteiger partial charge >= 0.3 is 13.6 Å². The molecule has 11 nitrogen and oxygen atoms in total. The van der Waals surface area contributed by atoms with Crippen molar-refractivity contribution in [2.45, 2.75) is 44.8 Å². The number of rotatable bonds is 10. The first-order valence-corrected chi connectivity index (χ1v) is 13.4. The van der Waals surface area contributed by atoms with Crippen molar-refractivity contribution >= 4 is 37.4 Å². The lowest BCUT2D eigenvalue weighted by Crippen LogP contribution is -2.44. The van der Waals surface area contributed by atoms with Gasteiger partial charge in [0, 0.05) is 17.3 Å². The Balaban J connectivity index is 1.94. The number of aromatic nitrogens is 2. The van der Waals surface area contributed by atoms with Gasteiger partial charge in [-0.1, -0.05) is 18.5 Å². The average Bonchev–Trinajstić information content (AvgIpc) is 3.04. The molecule has 36 heavy (non-hydrogen) atoms. The molecule has 0 amide bonds. The summed E-state index contributed by atoms with van der Waals surface area (Å²) in [5.74, 6) is -1.71. The van der Waals surface area contributed by atoms with Crippen molar-refractivity contribution in [1.29, 1.82) is 0 Å². The molecule has 1 fully saturated rings. The number of aromatic amines is 1. The molecular weight excluding hydrogens is 535 g/mol. The number of H-pyrrole nitrogens is 1. The van der Waals surface area contributed by atoms with Gasteiger partial charge in [-0.05, 0) is 50.3 Å². The van der Waals surface area contributed by atoms with Crippen LogP contribution in [0.3, 0.4) is 0 Å². The van der Waals surface area contributed by atoms with Gasteiger partial charge in [-0.25, -0.2) is 4.57 Å². The summed E-state index contributed by atoms with van der Waals surface area (Å²) in [6.45, 7) is 1.23. The van der Waals surface area contributed by atoms with Gasteiger partial charge in [0.05, 0.1) is 28.0 Å². The monoisotopic (exact) mass is 564 g/mol. The topological polar surface area (TPSA) is 149 Å². The van der Waals surface area contributed by atoms with E-state index in [1.54, 1.807) is 6.92 Å². The molecule has 6 atom stereocenters. The Morgan fingerprint density at radius 3 is 2.69 bits per heavy atom. The van der Waals surface area contributed by atoms with E-state index in [0.717, 1.165) is 10.6 Å². The lowest BCUT2D eigenvalue weighted by molar-refractivity contribution is -0.146. The highest BCUT2D eigenvalue weighted by Crippen LogP contribution is 2.51. The molecule has 198 valence electrons. The highest BCUT2D eigenvalue weighted by Gasteiger charge is 2.53. The fourth-order valence-electron chi connectivity index (χ4n) is 3.43. The molecule has 2 aromatic rings. The summed E-state index contributed by atoms with van der Waals surface area (Å²) in [5, 5.41) is 22.2. The number of esters is 1. The molecule has 14 heteroatoms. The SMILES string of the molecule is [2H]C([2H])(O[P@](=O)(C[C@@H](C)C(=O)OCC)Oc1ccc(Cl)cc1)[C@H]1O[C@@H](n2ccc(=O)[nH]c2=S)C(C)(O)[C@H]1O. The molecule has 2 heterocycles. The summed E-state index contributed by atoms with van der Waals surface area (Å²) < 4.78 is 53.4. The number of ether oxygens (including phenoxy) is 2. The van der Waals surface area contributed by atoms with Crippen molar-refractivity contribution in [2.24, 2.45) is 5.92 Å². The summed E-state index contributed by atoms with van der Waals surface area (Å²) in [6.07, 6.45) is -4.65. The molecule has 0 aliphatic carbocycles. The van der Waals surface area contributed by atoms with Gasteiger partial charge < -0.3 is 24.2 Å². The van der Waals surface area contributed by atoms with Crippen LogP contribution < -0.4 is 10.1 Å². The normalized spacial score (nSPS) is 27.4. The maximum Gasteiger partial charge on any atom is 0.380 e. The van der Waals surface area contributed by atoms with Gasteiger partial charge in [-0.2, -0.15) is 0 Å². The Hall–Kier alpha value is -2.05. The van der Waals surface area contributed by atoms with Gasteiger partial charge in [0.15, 0.2) is 11.0 Å². The second-order valence-corrected chi connectivity index (χ2v) is 11.1. The first-order chi connectivity index (χ1) is 17.6. The smallest absolute Gasteiger partial charge is 0.380 e. The van der Waals surface area contributed by atoms with Gasteiger partial charge in [-0.15, -0.1) is 0 Å². The Morgan fingerprint density at radius 1 is 1.42 bits per heavy atom. The quantitative estimate of drug-likeness (QED) is 0.223. The van der Waals surface area contributed by atoms with E-state index in [1.165, 1.54) is 44.3 Å². The van der Waals surface area contributed by atoms with Crippen molar-refractivity contribution in [2.75, 3.05) is 19.3 Å². The Labute approximate surface area is 220 Å². The second-order valence-electron chi connectivity index (χ2n) is 8.30. The number of benzene rings is 1. The number of halogens is 1. The Kier molecular flexibility index (Phi) is 8.22. The molecule has 3 rings (SSSR count). The first-order valence-electron chi connectivity index (χ1n) is 11.9. The number of hydrogen-bond donors (Lipinski definition) is 3. The van der Waals surface area contributed by atoms with Crippen molar-refractivity contribution in [3.8, 4) is 5.75 Å². The van der Waals surface area contributed by atoms with Gasteiger partial charge in [0.2, 0.25) is 0 Å². The van der Waals surface area contributed by atoms with Crippen LogP contribution in [0.4, 0.5) is 0 Å². The van der Waals surface area contributed by atoms with Crippen LogP contribution >= 0.6 is 31.4 Å². The molecule has 0 spiro atoms. The van der Waals surface area contributed by atoms with Crippen molar-refractivity contribution in [3.63, 3.8) is 0 Å². The number of carbonyl (C=O) groups excluding carboxylic acids is 1. The molecule has 3 N–H and O–H groups in total. The molecule has 0 saturated carbocycles. The largest absolute Gasteiger partial charge is 0.466 e. The highest BCUT2D eigenvalue weighted by atomic mass is 35.5. The van der Waals surface area contributed by atoms with E-state index < -0.39 is 61.8 Å². The predicted octanol–water partition coefficient (Wildman–Crippen LogP) is 3.06. The minimum Gasteiger partial charge on any atom is -0.466 e. The van der Waals surface area contributed by atoms with E-state index in [0.29, 0.717) is 5.02 Å². The number of hydrogen-bond acceptors (Lipinski definition) is 10. The van der Waals surface area contributed by atoms with E-state index >= 15 is 0 Å². The van der Waals surface area contributed by atoms with E-state index in [-0.39, 0.29) is 17.1 Å². The molecule has 1 aliphatic rings. The molecule has 0 bridgehead atoms. The average molecular weight is 565 g/mol. The zero-order valence-corrected chi connectivity index (χ0v) is 22.1. The fourth-order valence-corrected chi connectivity index (χ4v) is 5.53. The number of aliphatic hydroxyl groups is 2. The second kappa shape index (κ2) is 11.6. The maximum atomic E-state index is 13.9. The van der Waals surface area contributed by atoms with E-state index in [1.807, 2.05) is 0 Å². The third-order valence-electron chi connectivity index (χ3n) is 5.32. The first kappa shape index (κ1) is 25.6. The molecular formula is C22H28ClN2O9PS.